The van der Waals surface area contributed by atoms with Crippen molar-refractivity contribution in [2.75, 3.05) is 26.1 Å². The zero-order valence-corrected chi connectivity index (χ0v) is 14.7. The van der Waals surface area contributed by atoms with Gasteiger partial charge >= 0.3 is 0 Å². The second-order valence-corrected chi connectivity index (χ2v) is 5.95. The molecule has 1 aliphatic rings. The lowest BCUT2D eigenvalue weighted by Gasteiger charge is -2.23. The number of hydrogen-bond donors (Lipinski definition) is 2. The summed E-state index contributed by atoms with van der Waals surface area (Å²) in [5.74, 6) is 1.18. The van der Waals surface area contributed by atoms with E-state index in [0.29, 0.717) is 11.5 Å². The van der Waals surface area contributed by atoms with Crippen LogP contribution in [0.2, 0.25) is 0 Å². The van der Waals surface area contributed by atoms with Gasteiger partial charge in [0.25, 0.3) is 0 Å². The minimum atomic E-state index is -0.172. The first-order valence-corrected chi connectivity index (χ1v) is 8.19. The lowest BCUT2D eigenvalue weighted by atomic mass is 9.96. The quantitative estimate of drug-likeness (QED) is 0.841. The van der Waals surface area contributed by atoms with E-state index in [1.54, 1.807) is 20.3 Å². The summed E-state index contributed by atoms with van der Waals surface area (Å²) in [5, 5.41) is 6.18. The number of carbonyl (C=O) groups excluding carboxylic acids is 1. The maximum Gasteiger partial charge on any atom is 0.250 e. The molecule has 25 heavy (non-hydrogen) atoms. The summed E-state index contributed by atoms with van der Waals surface area (Å²) in [5.41, 5.74) is 4.80. The molecule has 5 nitrogen and oxygen atoms in total. The van der Waals surface area contributed by atoms with Gasteiger partial charge in [-0.1, -0.05) is 17.7 Å². The second kappa shape index (κ2) is 7.30. The molecule has 2 N–H and O–H groups in total. The largest absolute Gasteiger partial charge is 0.493 e. The smallest absolute Gasteiger partial charge is 0.250 e. The summed E-state index contributed by atoms with van der Waals surface area (Å²) in [6, 6.07) is 11.6. The van der Waals surface area contributed by atoms with Gasteiger partial charge in [-0.3, -0.25) is 4.79 Å². The number of carbonyl (C=O) groups is 1. The van der Waals surface area contributed by atoms with Crippen molar-refractivity contribution in [1.82, 2.24) is 5.32 Å². The molecule has 5 heteroatoms. The van der Waals surface area contributed by atoms with Crippen LogP contribution in [-0.4, -0.2) is 26.7 Å². The Kier molecular flexibility index (Phi) is 4.93. The Balaban J connectivity index is 1.87. The summed E-state index contributed by atoms with van der Waals surface area (Å²) in [6.45, 7) is 2.78. The number of methoxy groups -OCH3 is 2. The molecule has 1 amide bonds. The number of ether oxygens (including phenoxy) is 2. The fourth-order valence-corrected chi connectivity index (χ4v) is 2.88. The molecule has 2 aromatic carbocycles. The lowest BCUT2D eigenvalue weighted by Crippen LogP contribution is -2.24. The summed E-state index contributed by atoms with van der Waals surface area (Å²) >= 11 is 0. The van der Waals surface area contributed by atoms with E-state index in [9.17, 15) is 4.79 Å². The second-order valence-electron chi connectivity index (χ2n) is 5.95. The Hall–Kier alpha value is -2.95. The highest BCUT2D eigenvalue weighted by Gasteiger charge is 2.18. The third-order valence-corrected chi connectivity index (χ3v) is 4.20. The van der Waals surface area contributed by atoms with Crippen LogP contribution in [0, 0.1) is 6.92 Å². The highest BCUT2D eigenvalue weighted by atomic mass is 16.5. The van der Waals surface area contributed by atoms with Crippen LogP contribution in [0.5, 0.6) is 11.5 Å². The zero-order valence-electron chi connectivity index (χ0n) is 14.7. The third kappa shape index (κ3) is 3.76. The molecule has 3 rings (SSSR count). The Morgan fingerprint density at radius 2 is 1.80 bits per heavy atom. The molecule has 0 saturated heterocycles. The van der Waals surface area contributed by atoms with Gasteiger partial charge in [-0.25, -0.2) is 0 Å². The van der Waals surface area contributed by atoms with Gasteiger partial charge in [0.05, 0.1) is 14.2 Å². The van der Waals surface area contributed by atoms with Gasteiger partial charge in [0.2, 0.25) is 5.91 Å². The zero-order chi connectivity index (χ0) is 17.8. The minimum Gasteiger partial charge on any atom is -0.493 e. The first kappa shape index (κ1) is 16.9. The van der Waals surface area contributed by atoms with E-state index in [0.717, 1.165) is 41.0 Å². The van der Waals surface area contributed by atoms with Crippen molar-refractivity contribution < 1.29 is 14.3 Å². The third-order valence-electron chi connectivity index (χ3n) is 4.20. The molecule has 0 aromatic heterocycles. The molecule has 0 radical (unpaired) electrons. The van der Waals surface area contributed by atoms with Gasteiger partial charge in [-0.05, 0) is 43.2 Å². The molecule has 0 saturated carbocycles. The lowest BCUT2D eigenvalue weighted by molar-refractivity contribution is -0.111. The standard InChI is InChI=1S/C20H22N2O3/c1-13-4-6-15(7-5-13)22-20(23)12-17-16-11-19(25-3)18(24-2)10-14(16)8-9-21-17/h4-7,10-12,21H,8-9H2,1-3H3,(H,22,23)/b17-12-. The van der Waals surface area contributed by atoms with E-state index in [-0.39, 0.29) is 5.91 Å². The molecule has 0 aliphatic carbocycles. The molecule has 0 fully saturated rings. The van der Waals surface area contributed by atoms with Crippen molar-refractivity contribution in [2.45, 2.75) is 13.3 Å². The Labute approximate surface area is 147 Å². The molecule has 0 spiro atoms. The average molecular weight is 338 g/mol. The van der Waals surface area contributed by atoms with E-state index in [4.69, 9.17) is 9.47 Å². The number of benzene rings is 2. The number of anilines is 1. The van der Waals surface area contributed by atoms with E-state index >= 15 is 0 Å². The van der Waals surface area contributed by atoms with Gasteiger partial charge < -0.3 is 20.1 Å². The molecule has 1 heterocycles. The normalized spacial score (nSPS) is 14.4. The molecular formula is C20H22N2O3. The van der Waals surface area contributed by atoms with Crippen LogP contribution >= 0.6 is 0 Å². The van der Waals surface area contributed by atoms with E-state index in [1.807, 2.05) is 43.3 Å². The fraction of sp³-hybridized carbons (Fsp3) is 0.250. The van der Waals surface area contributed by atoms with E-state index < -0.39 is 0 Å². The maximum atomic E-state index is 12.4. The van der Waals surface area contributed by atoms with Gasteiger partial charge in [0.15, 0.2) is 11.5 Å². The van der Waals surface area contributed by atoms with Crippen molar-refractivity contribution >= 4 is 17.3 Å². The van der Waals surface area contributed by atoms with Crippen molar-refractivity contribution in [3.05, 3.63) is 59.2 Å². The number of hydrogen-bond acceptors (Lipinski definition) is 4. The predicted octanol–water partition coefficient (Wildman–Crippen LogP) is 3.14. The highest BCUT2D eigenvalue weighted by molar-refractivity contribution is 6.04. The molecular weight excluding hydrogens is 316 g/mol. The van der Waals surface area contributed by atoms with Crippen molar-refractivity contribution in [1.29, 1.82) is 0 Å². The Morgan fingerprint density at radius 1 is 1.12 bits per heavy atom. The number of fused-ring (bicyclic) bond motifs is 1. The molecule has 0 atom stereocenters. The van der Waals surface area contributed by atoms with Crippen LogP contribution in [0.1, 0.15) is 16.7 Å². The first-order valence-electron chi connectivity index (χ1n) is 8.19. The van der Waals surface area contributed by atoms with Crippen LogP contribution in [0.3, 0.4) is 0 Å². The Morgan fingerprint density at radius 3 is 2.48 bits per heavy atom. The number of amides is 1. The Bertz CT molecular complexity index is 810. The highest BCUT2D eigenvalue weighted by Crippen LogP contribution is 2.34. The van der Waals surface area contributed by atoms with Crippen molar-refractivity contribution in [3.8, 4) is 11.5 Å². The molecule has 130 valence electrons. The van der Waals surface area contributed by atoms with Gasteiger partial charge in [0.1, 0.15) is 0 Å². The van der Waals surface area contributed by atoms with Crippen LogP contribution in [0.4, 0.5) is 5.69 Å². The molecule has 0 bridgehead atoms. The van der Waals surface area contributed by atoms with Gasteiger partial charge in [-0.15, -0.1) is 0 Å². The average Bonchev–Trinajstić information content (AvgIpc) is 2.62. The fourth-order valence-electron chi connectivity index (χ4n) is 2.88. The number of aryl methyl sites for hydroxylation is 1. The summed E-state index contributed by atoms with van der Waals surface area (Å²) in [4.78, 5) is 12.4. The number of rotatable bonds is 4. The van der Waals surface area contributed by atoms with E-state index in [1.165, 1.54) is 0 Å². The predicted molar refractivity (Wildman–Crippen MR) is 99.0 cm³/mol. The SMILES string of the molecule is COc1cc2c(cc1OC)/C(=C/C(=O)Nc1ccc(C)cc1)NCC2. The van der Waals surface area contributed by atoms with Gasteiger partial charge in [0, 0.05) is 29.6 Å². The minimum absolute atomic E-state index is 0.172. The first-order chi connectivity index (χ1) is 12.1. The van der Waals surface area contributed by atoms with E-state index in [2.05, 4.69) is 10.6 Å². The van der Waals surface area contributed by atoms with Crippen LogP contribution < -0.4 is 20.1 Å². The molecule has 0 unspecified atom stereocenters. The van der Waals surface area contributed by atoms with Crippen LogP contribution in [0.25, 0.3) is 5.70 Å². The van der Waals surface area contributed by atoms with Gasteiger partial charge in [-0.2, -0.15) is 0 Å². The number of nitrogens with one attached hydrogen (secondary N) is 2. The van der Waals surface area contributed by atoms with Crippen LogP contribution in [0.15, 0.2) is 42.5 Å². The maximum absolute atomic E-state index is 12.4. The van der Waals surface area contributed by atoms with Crippen molar-refractivity contribution in [3.63, 3.8) is 0 Å². The van der Waals surface area contributed by atoms with Crippen LogP contribution in [-0.2, 0) is 11.2 Å². The molecule has 2 aromatic rings. The summed E-state index contributed by atoms with van der Waals surface area (Å²) in [6.07, 6.45) is 2.45. The monoisotopic (exact) mass is 338 g/mol. The van der Waals surface area contributed by atoms with Crippen molar-refractivity contribution in [2.24, 2.45) is 0 Å². The summed E-state index contributed by atoms with van der Waals surface area (Å²) in [7, 11) is 3.23. The summed E-state index contributed by atoms with van der Waals surface area (Å²) < 4.78 is 10.7. The molecule has 1 aliphatic heterocycles. The topological polar surface area (TPSA) is 59.6 Å².